The second-order valence-electron chi connectivity index (χ2n) is 0.451. The molecule has 3 heteroatoms. The fraction of sp³-hybridized carbons (Fsp3) is 0. The van der Waals surface area contributed by atoms with Crippen molar-refractivity contribution in [1.29, 1.82) is 0 Å². The van der Waals surface area contributed by atoms with Gasteiger partial charge in [-0.25, -0.2) is 11.7 Å². The monoisotopic (exact) mass is 457 g/mol. The van der Waals surface area contributed by atoms with Gasteiger partial charge in [0, 0.05) is 42.1 Å². The molecule has 0 heterocycles. The third-order valence-electron chi connectivity index (χ3n) is 0.161. The number of allylic oxidation sites excluding steroid dienone is 1. The molecule has 0 aromatic carbocycles. The van der Waals surface area contributed by atoms with Crippen LogP contribution in [0.3, 0.4) is 0 Å². The molecule has 0 fully saturated rings. The van der Waals surface area contributed by atoms with E-state index in [0.29, 0.717) is 0 Å². The van der Waals surface area contributed by atoms with Gasteiger partial charge in [-0.05, 0) is 0 Å². The zero-order valence-corrected chi connectivity index (χ0v) is 7.87. The molecule has 0 atom stereocenters. The molecule has 0 spiro atoms. The van der Waals surface area contributed by atoms with Gasteiger partial charge in [0.2, 0.25) is 0 Å². The maximum atomic E-state index is 9.10. The summed E-state index contributed by atoms with van der Waals surface area (Å²) in [5.74, 6) is 1.40. The summed E-state index contributed by atoms with van der Waals surface area (Å²) >= 11 is 0. The van der Waals surface area contributed by atoms with Crippen molar-refractivity contribution in [3.63, 3.8) is 0 Å². The smallest absolute Gasteiger partial charge is 0.0580 e. The molecular weight excluding hydrogens is 454 g/mol. The first-order valence-electron chi connectivity index (χ1n) is 1.15. The summed E-state index contributed by atoms with van der Waals surface area (Å²) in [6, 6.07) is 0. The van der Waals surface area contributed by atoms with Crippen molar-refractivity contribution in [2.45, 2.75) is 0 Å². The summed E-state index contributed by atoms with van der Waals surface area (Å²) in [5, 5.41) is 0. The van der Waals surface area contributed by atoms with Crippen LogP contribution < -0.4 is 0 Å². The fourth-order valence-corrected chi connectivity index (χ4v) is 0.0417. The van der Waals surface area contributed by atoms with Crippen molar-refractivity contribution in [3.8, 4) is 0 Å². The van der Waals surface area contributed by atoms with Crippen LogP contribution in [0.2, 0.25) is 0 Å². The minimum absolute atomic E-state index is 0. The Labute approximate surface area is 71.4 Å². The van der Waals surface area contributed by atoms with Gasteiger partial charge < -0.3 is 0 Å². The van der Waals surface area contributed by atoms with E-state index in [1.165, 1.54) is 12.0 Å². The molecule has 0 aromatic heterocycles. The standard InChI is InChI=1S/C4H3O.2Pt/c1-2-3-4-5;;/h2H,1H2;;/q-1;;. The molecule has 0 aromatic rings. The molecule has 0 bridgehead atoms. The Kier molecular flexibility index (Phi) is 35.9. The maximum absolute atomic E-state index is 9.10. The second-order valence-corrected chi connectivity index (χ2v) is 0.451. The van der Waals surface area contributed by atoms with Crippen LogP contribution in [0.4, 0.5) is 0 Å². The Morgan fingerprint density at radius 1 is 1.43 bits per heavy atom. The first kappa shape index (κ1) is 15.6. The quantitative estimate of drug-likeness (QED) is 0.292. The van der Waals surface area contributed by atoms with Crippen LogP contribution in [-0.2, 0) is 46.9 Å². The van der Waals surface area contributed by atoms with Gasteiger partial charge in [0.1, 0.15) is 0 Å². The molecule has 0 aliphatic heterocycles. The van der Waals surface area contributed by atoms with E-state index in [0.717, 1.165) is 0 Å². The van der Waals surface area contributed by atoms with Crippen LogP contribution in [0.25, 0.3) is 0 Å². The predicted octanol–water partition coefficient (Wildman–Crippen LogP) is 0.358. The van der Waals surface area contributed by atoms with Gasteiger partial charge in [0.15, 0.2) is 0 Å². The van der Waals surface area contributed by atoms with Gasteiger partial charge in [-0.1, -0.05) is 0 Å². The molecule has 0 N–H and O–H groups in total. The van der Waals surface area contributed by atoms with E-state index < -0.39 is 0 Å². The van der Waals surface area contributed by atoms with Crippen molar-refractivity contribution < 1.29 is 46.9 Å². The SMILES string of the molecule is [CH2-]C=C=C=O.[Pt].[Pt]. The summed E-state index contributed by atoms with van der Waals surface area (Å²) in [6.07, 6.45) is 1.26. The molecule has 0 aliphatic rings. The predicted molar refractivity (Wildman–Crippen MR) is 19.1 cm³/mol. The summed E-state index contributed by atoms with van der Waals surface area (Å²) in [5.41, 5.74) is 2.07. The largest absolute Gasteiger partial charge is 0.258 e. The molecule has 0 amide bonds. The molecule has 1 nitrogen and oxygen atoms in total. The van der Waals surface area contributed by atoms with Gasteiger partial charge in [-0.2, -0.15) is 6.08 Å². The topological polar surface area (TPSA) is 17.1 Å². The van der Waals surface area contributed by atoms with Gasteiger partial charge in [-0.15, -0.1) is 0 Å². The van der Waals surface area contributed by atoms with Crippen molar-refractivity contribution in [3.05, 3.63) is 18.7 Å². The van der Waals surface area contributed by atoms with Crippen molar-refractivity contribution in [1.82, 2.24) is 0 Å². The fourth-order valence-electron chi connectivity index (χ4n) is 0.0417. The Morgan fingerprint density at radius 3 is 1.86 bits per heavy atom. The minimum atomic E-state index is 0. The second kappa shape index (κ2) is 16.1. The van der Waals surface area contributed by atoms with E-state index >= 15 is 0 Å². The molecule has 0 saturated heterocycles. The minimum Gasteiger partial charge on any atom is -0.258 e. The van der Waals surface area contributed by atoms with Crippen LogP contribution in [0.5, 0.6) is 0 Å². The summed E-state index contributed by atoms with van der Waals surface area (Å²) < 4.78 is 0. The Morgan fingerprint density at radius 2 is 1.86 bits per heavy atom. The number of hydrogen-bond acceptors (Lipinski definition) is 1. The van der Waals surface area contributed by atoms with Crippen molar-refractivity contribution in [2.75, 3.05) is 0 Å². The van der Waals surface area contributed by atoms with E-state index in [-0.39, 0.29) is 42.1 Å². The van der Waals surface area contributed by atoms with Gasteiger partial charge >= 0.3 is 0 Å². The number of carbonyl (C=O) groups excluding carboxylic acids is 1. The number of rotatable bonds is 0. The summed E-state index contributed by atoms with van der Waals surface area (Å²) in [7, 11) is 0. The van der Waals surface area contributed by atoms with E-state index in [1.54, 1.807) is 0 Å². The van der Waals surface area contributed by atoms with E-state index in [1.807, 2.05) is 0 Å². The molecule has 0 saturated carbocycles. The molecule has 0 unspecified atom stereocenters. The molecule has 0 rings (SSSR count). The Hall–Kier alpha value is 0.477. The van der Waals surface area contributed by atoms with Crippen molar-refractivity contribution in [2.24, 2.45) is 0 Å². The Balaban J connectivity index is -0.0000000800. The number of hydrogen-bond donors (Lipinski definition) is 0. The zero-order chi connectivity index (χ0) is 4.12. The average molecular weight is 457 g/mol. The zero-order valence-electron chi connectivity index (χ0n) is 3.33. The van der Waals surface area contributed by atoms with E-state index in [2.05, 4.69) is 12.7 Å². The van der Waals surface area contributed by atoms with Crippen LogP contribution >= 0.6 is 0 Å². The third-order valence-corrected chi connectivity index (χ3v) is 0.161. The van der Waals surface area contributed by atoms with Gasteiger partial charge in [-0.3, -0.25) is 5.73 Å². The molecule has 46 valence electrons. The third kappa shape index (κ3) is 21.2. The molecular formula is C4H3OPt2-. The van der Waals surface area contributed by atoms with E-state index in [4.69, 9.17) is 4.79 Å². The van der Waals surface area contributed by atoms with Gasteiger partial charge in [0.05, 0.1) is 5.94 Å². The van der Waals surface area contributed by atoms with Crippen LogP contribution in [0.1, 0.15) is 0 Å². The summed E-state index contributed by atoms with van der Waals surface area (Å²) in [6.45, 7) is 3.18. The summed E-state index contributed by atoms with van der Waals surface area (Å²) in [4.78, 5) is 9.10. The normalized spacial score (nSPS) is 2.86. The Bertz CT molecular complexity index is 87.9. The van der Waals surface area contributed by atoms with Crippen LogP contribution in [-0.4, -0.2) is 5.94 Å². The molecule has 7 heavy (non-hydrogen) atoms. The first-order chi connectivity index (χ1) is 2.41. The molecule has 0 radical (unpaired) electrons. The maximum Gasteiger partial charge on any atom is 0.0580 e. The van der Waals surface area contributed by atoms with Crippen LogP contribution in [0, 0.1) is 6.92 Å². The first-order valence-corrected chi connectivity index (χ1v) is 1.15. The average Bonchev–Trinajstić information content (AvgIpc) is 1.41. The van der Waals surface area contributed by atoms with Crippen LogP contribution in [0.15, 0.2) is 11.8 Å². The van der Waals surface area contributed by atoms with E-state index in [9.17, 15) is 0 Å². The van der Waals surface area contributed by atoms with Gasteiger partial charge in [0.25, 0.3) is 0 Å². The van der Waals surface area contributed by atoms with Crippen molar-refractivity contribution >= 4 is 5.94 Å². The molecule has 0 aliphatic carbocycles.